The molecule has 0 amide bonds. The summed E-state index contributed by atoms with van der Waals surface area (Å²) in [5.41, 5.74) is 0. The highest BCUT2D eigenvalue weighted by Gasteiger charge is 2.31. The van der Waals surface area contributed by atoms with Gasteiger partial charge in [-0.3, -0.25) is 4.57 Å². The van der Waals surface area contributed by atoms with Crippen LogP contribution in [0.5, 0.6) is 0 Å². The minimum Gasteiger partial charge on any atom is -0.298 e. The molecular weight excluding hydrogens is 234 g/mol. The van der Waals surface area contributed by atoms with E-state index in [0.717, 1.165) is 11.7 Å². The van der Waals surface area contributed by atoms with E-state index >= 15 is 0 Å². The minimum atomic E-state index is 0.374. The van der Waals surface area contributed by atoms with E-state index < -0.39 is 0 Å². The fourth-order valence-corrected chi connectivity index (χ4v) is 3.15. The molecule has 1 heterocycles. The van der Waals surface area contributed by atoms with Gasteiger partial charge in [-0.25, -0.2) is 0 Å². The van der Waals surface area contributed by atoms with Crippen molar-refractivity contribution >= 4 is 11.6 Å². The summed E-state index contributed by atoms with van der Waals surface area (Å²) in [6.07, 6.45) is 3.81. The number of hydrogen-bond acceptors (Lipinski definition) is 2. The third kappa shape index (κ3) is 2.35. The first-order valence-electron chi connectivity index (χ1n) is 6.62. The normalized spacial score (nSPS) is 29.9. The van der Waals surface area contributed by atoms with Gasteiger partial charge in [-0.1, -0.05) is 40.5 Å². The summed E-state index contributed by atoms with van der Waals surface area (Å²) in [7, 11) is 0. The highest BCUT2D eigenvalue weighted by Crippen LogP contribution is 2.40. The maximum atomic E-state index is 6.22. The molecule has 3 atom stereocenters. The van der Waals surface area contributed by atoms with E-state index in [1.807, 2.05) is 0 Å². The van der Waals surface area contributed by atoms with Crippen molar-refractivity contribution in [2.45, 2.75) is 58.9 Å². The Labute approximate surface area is 109 Å². The van der Waals surface area contributed by atoms with Gasteiger partial charge >= 0.3 is 0 Å². The standard InChI is InChI=1S/C13H22ClN3/c1-8(2)12-15-16-13(14)17(12)11-7-5-6-9(3)10(11)4/h8-11H,5-7H2,1-4H3. The Kier molecular flexibility index (Phi) is 3.76. The van der Waals surface area contributed by atoms with Gasteiger partial charge in [-0.2, -0.15) is 0 Å². The van der Waals surface area contributed by atoms with E-state index in [1.165, 1.54) is 19.3 Å². The lowest BCUT2D eigenvalue weighted by molar-refractivity contribution is 0.182. The second kappa shape index (κ2) is 4.97. The quantitative estimate of drug-likeness (QED) is 0.798. The summed E-state index contributed by atoms with van der Waals surface area (Å²) in [6.45, 7) is 8.96. The molecule has 4 heteroatoms. The van der Waals surface area contributed by atoms with Crippen molar-refractivity contribution in [2.24, 2.45) is 11.8 Å². The third-order valence-corrected chi connectivity index (χ3v) is 4.45. The van der Waals surface area contributed by atoms with Crippen LogP contribution in [-0.4, -0.2) is 14.8 Å². The van der Waals surface area contributed by atoms with Crippen LogP contribution in [0.4, 0.5) is 0 Å². The van der Waals surface area contributed by atoms with Gasteiger partial charge in [0.2, 0.25) is 5.28 Å². The second-order valence-electron chi connectivity index (χ2n) is 5.69. The molecule has 0 bridgehead atoms. The van der Waals surface area contributed by atoms with Crippen molar-refractivity contribution in [3.05, 3.63) is 11.1 Å². The molecule has 1 fully saturated rings. The molecule has 2 rings (SSSR count). The molecule has 1 aliphatic rings. The van der Waals surface area contributed by atoms with Crippen molar-refractivity contribution in [2.75, 3.05) is 0 Å². The average Bonchev–Trinajstić information content (AvgIpc) is 2.65. The summed E-state index contributed by atoms with van der Waals surface area (Å²) in [5.74, 6) is 2.81. The first kappa shape index (κ1) is 12.9. The molecular formula is C13H22ClN3. The first-order chi connectivity index (χ1) is 8.02. The van der Waals surface area contributed by atoms with Crippen LogP contribution in [0.2, 0.25) is 5.28 Å². The van der Waals surface area contributed by atoms with E-state index in [1.54, 1.807) is 0 Å². The van der Waals surface area contributed by atoms with Gasteiger partial charge in [0.05, 0.1) is 0 Å². The van der Waals surface area contributed by atoms with Gasteiger partial charge in [0.25, 0.3) is 0 Å². The number of halogens is 1. The highest BCUT2D eigenvalue weighted by molar-refractivity contribution is 6.28. The van der Waals surface area contributed by atoms with Crippen LogP contribution in [0.15, 0.2) is 0 Å². The van der Waals surface area contributed by atoms with Gasteiger partial charge in [-0.15, -0.1) is 10.2 Å². The molecule has 0 radical (unpaired) electrons. The maximum Gasteiger partial charge on any atom is 0.225 e. The largest absolute Gasteiger partial charge is 0.298 e. The molecule has 96 valence electrons. The lowest BCUT2D eigenvalue weighted by atomic mass is 9.78. The average molecular weight is 256 g/mol. The molecule has 0 aliphatic heterocycles. The van der Waals surface area contributed by atoms with Crippen LogP contribution in [0.3, 0.4) is 0 Å². The van der Waals surface area contributed by atoms with Crippen LogP contribution < -0.4 is 0 Å². The van der Waals surface area contributed by atoms with E-state index in [0.29, 0.717) is 23.2 Å². The fourth-order valence-electron chi connectivity index (χ4n) is 2.90. The first-order valence-corrected chi connectivity index (χ1v) is 7.00. The Morgan fingerprint density at radius 1 is 1.24 bits per heavy atom. The van der Waals surface area contributed by atoms with E-state index in [-0.39, 0.29) is 0 Å². The van der Waals surface area contributed by atoms with Crippen molar-refractivity contribution in [1.29, 1.82) is 0 Å². The molecule has 0 saturated heterocycles. The van der Waals surface area contributed by atoms with Crippen LogP contribution in [0.1, 0.15) is 64.7 Å². The number of aromatic nitrogens is 3. The Hall–Kier alpha value is -0.570. The van der Waals surface area contributed by atoms with Gasteiger partial charge < -0.3 is 0 Å². The van der Waals surface area contributed by atoms with Crippen LogP contribution in [0.25, 0.3) is 0 Å². The topological polar surface area (TPSA) is 30.7 Å². The summed E-state index contributed by atoms with van der Waals surface area (Å²) in [4.78, 5) is 0. The smallest absolute Gasteiger partial charge is 0.225 e. The predicted octanol–water partition coefficient (Wildman–Crippen LogP) is 4.05. The highest BCUT2D eigenvalue weighted by atomic mass is 35.5. The zero-order valence-electron chi connectivity index (χ0n) is 11.2. The third-order valence-electron chi connectivity index (χ3n) is 4.19. The second-order valence-corrected chi connectivity index (χ2v) is 6.02. The van der Waals surface area contributed by atoms with Crippen molar-refractivity contribution in [1.82, 2.24) is 14.8 Å². The molecule has 1 saturated carbocycles. The Morgan fingerprint density at radius 3 is 2.59 bits per heavy atom. The number of nitrogens with zero attached hydrogens (tertiary/aromatic N) is 3. The zero-order chi connectivity index (χ0) is 12.6. The maximum absolute atomic E-state index is 6.22. The molecule has 1 aromatic heterocycles. The summed E-state index contributed by atoms with van der Waals surface area (Å²) >= 11 is 6.22. The molecule has 17 heavy (non-hydrogen) atoms. The van der Waals surface area contributed by atoms with Gasteiger partial charge in [0.15, 0.2) is 0 Å². The molecule has 3 unspecified atom stereocenters. The van der Waals surface area contributed by atoms with Crippen LogP contribution in [0, 0.1) is 11.8 Å². The van der Waals surface area contributed by atoms with E-state index in [2.05, 4.69) is 42.5 Å². The monoisotopic (exact) mass is 255 g/mol. The molecule has 1 aromatic rings. The summed E-state index contributed by atoms with van der Waals surface area (Å²) < 4.78 is 2.17. The number of hydrogen-bond donors (Lipinski definition) is 0. The van der Waals surface area contributed by atoms with Crippen molar-refractivity contribution in [3.8, 4) is 0 Å². The van der Waals surface area contributed by atoms with E-state index in [9.17, 15) is 0 Å². The predicted molar refractivity (Wildman–Crippen MR) is 70.3 cm³/mol. The molecule has 0 N–H and O–H groups in total. The lowest BCUT2D eigenvalue weighted by Crippen LogP contribution is -2.28. The van der Waals surface area contributed by atoms with Crippen molar-refractivity contribution in [3.63, 3.8) is 0 Å². The van der Waals surface area contributed by atoms with E-state index in [4.69, 9.17) is 11.6 Å². The molecule has 1 aliphatic carbocycles. The molecule has 0 spiro atoms. The Morgan fingerprint density at radius 2 is 1.94 bits per heavy atom. The Balaban J connectivity index is 2.35. The van der Waals surface area contributed by atoms with Crippen LogP contribution in [-0.2, 0) is 0 Å². The lowest BCUT2D eigenvalue weighted by Gasteiger charge is -2.36. The summed E-state index contributed by atoms with van der Waals surface area (Å²) in [6, 6.07) is 0.471. The molecule has 3 nitrogen and oxygen atoms in total. The Bertz CT molecular complexity index is 386. The molecule has 0 aromatic carbocycles. The van der Waals surface area contributed by atoms with Gasteiger partial charge in [-0.05, 0) is 29.9 Å². The zero-order valence-corrected chi connectivity index (χ0v) is 11.9. The fraction of sp³-hybridized carbons (Fsp3) is 0.846. The van der Waals surface area contributed by atoms with Gasteiger partial charge in [0, 0.05) is 12.0 Å². The SMILES string of the molecule is CC(C)c1nnc(Cl)n1C1CCCC(C)C1C. The minimum absolute atomic E-state index is 0.374. The van der Waals surface area contributed by atoms with Gasteiger partial charge in [0.1, 0.15) is 5.82 Å². The van der Waals surface area contributed by atoms with Crippen molar-refractivity contribution < 1.29 is 0 Å². The number of rotatable bonds is 2. The summed E-state index contributed by atoms with van der Waals surface area (Å²) in [5, 5.41) is 8.84. The van der Waals surface area contributed by atoms with Crippen LogP contribution >= 0.6 is 11.6 Å².